The van der Waals surface area contributed by atoms with Gasteiger partial charge in [-0.2, -0.15) is 13.2 Å². The van der Waals surface area contributed by atoms with E-state index < -0.39 is 11.7 Å². The van der Waals surface area contributed by atoms with Gasteiger partial charge >= 0.3 is 6.18 Å². The fraction of sp³-hybridized carbons (Fsp3) is 0.462. The van der Waals surface area contributed by atoms with Crippen LogP contribution in [0, 0.1) is 0 Å². The van der Waals surface area contributed by atoms with Gasteiger partial charge in [-0.25, -0.2) is 0 Å². The number of pyridine rings is 1. The highest BCUT2D eigenvalue weighted by Crippen LogP contribution is 2.32. The quantitative estimate of drug-likeness (QED) is 0.781. The van der Waals surface area contributed by atoms with E-state index in [0.29, 0.717) is 12.1 Å². The molecule has 0 atom stereocenters. The van der Waals surface area contributed by atoms with Gasteiger partial charge in [0.15, 0.2) is 0 Å². The molecular weight excluding hydrogens is 287 g/mol. The number of hydrogen-bond donors (Lipinski definition) is 2. The fourth-order valence-corrected chi connectivity index (χ4v) is 1.42. The van der Waals surface area contributed by atoms with E-state index in [2.05, 4.69) is 15.6 Å². The van der Waals surface area contributed by atoms with Gasteiger partial charge < -0.3 is 10.6 Å². The summed E-state index contributed by atoms with van der Waals surface area (Å²) in [4.78, 5) is 24.1. The number of rotatable bonds is 1. The molecule has 5 nitrogen and oxygen atoms in total. The number of amides is 2. The third-order valence-electron chi connectivity index (χ3n) is 2.39. The van der Waals surface area contributed by atoms with Crippen molar-refractivity contribution < 1.29 is 22.8 Å². The van der Waals surface area contributed by atoms with Crippen molar-refractivity contribution in [2.24, 2.45) is 0 Å². The number of hydrogen-bond acceptors (Lipinski definition) is 3. The van der Waals surface area contributed by atoms with E-state index in [1.807, 2.05) is 20.8 Å². The van der Waals surface area contributed by atoms with Crippen LogP contribution in [0.25, 0.3) is 0 Å². The van der Waals surface area contributed by atoms with Gasteiger partial charge in [0, 0.05) is 11.7 Å². The molecule has 2 amide bonds. The molecule has 0 fully saturated rings. The van der Waals surface area contributed by atoms with E-state index >= 15 is 0 Å². The van der Waals surface area contributed by atoms with E-state index in [1.165, 1.54) is 0 Å². The second-order valence-electron chi connectivity index (χ2n) is 5.45. The first-order chi connectivity index (χ1) is 9.53. The molecule has 2 N–H and O–H groups in total. The van der Waals surface area contributed by atoms with Crippen molar-refractivity contribution in [1.29, 1.82) is 0 Å². The van der Waals surface area contributed by atoms with Gasteiger partial charge in [0.25, 0.3) is 0 Å². The lowest BCUT2D eigenvalue weighted by Gasteiger charge is -2.15. The zero-order chi connectivity index (χ0) is 16.3. The lowest BCUT2D eigenvalue weighted by atomic mass is 10.1. The second-order valence-corrected chi connectivity index (χ2v) is 5.45. The largest absolute Gasteiger partial charge is 0.417 e. The molecule has 116 valence electrons. The summed E-state index contributed by atoms with van der Waals surface area (Å²) in [5.74, 6) is -0.327. The van der Waals surface area contributed by atoms with Crippen LogP contribution in [0.4, 0.5) is 18.9 Å². The van der Waals surface area contributed by atoms with Crippen LogP contribution in [0.2, 0.25) is 0 Å². The predicted molar refractivity (Wildman–Crippen MR) is 70.5 cm³/mol. The van der Waals surface area contributed by atoms with Crippen LogP contribution in [0.5, 0.6) is 0 Å². The molecule has 1 aliphatic heterocycles. The SMILES string of the molecule is CC(C)(C)NC=O.O=C1Cc2ncc(C(F)(F)F)cc2N1. The van der Waals surface area contributed by atoms with Crippen molar-refractivity contribution in [2.75, 3.05) is 5.32 Å². The molecule has 1 aromatic heterocycles. The van der Waals surface area contributed by atoms with Gasteiger partial charge in [-0.1, -0.05) is 0 Å². The van der Waals surface area contributed by atoms with Crippen LogP contribution in [0.3, 0.4) is 0 Å². The van der Waals surface area contributed by atoms with E-state index in [1.54, 1.807) is 0 Å². The van der Waals surface area contributed by atoms with Gasteiger partial charge in [0.2, 0.25) is 12.3 Å². The first-order valence-corrected chi connectivity index (χ1v) is 6.10. The van der Waals surface area contributed by atoms with E-state index in [0.717, 1.165) is 12.3 Å². The first kappa shape index (κ1) is 16.9. The van der Waals surface area contributed by atoms with Crippen LogP contribution in [-0.4, -0.2) is 22.8 Å². The molecule has 8 heteroatoms. The Morgan fingerprint density at radius 2 is 1.95 bits per heavy atom. The molecule has 0 aromatic carbocycles. The molecule has 0 spiro atoms. The number of carbonyl (C=O) groups excluding carboxylic acids is 2. The number of nitrogens with zero attached hydrogens (tertiary/aromatic N) is 1. The highest BCUT2D eigenvalue weighted by molar-refractivity contribution is 5.98. The average molecular weight is 303 g/mol. The summed E-state index contributed by atoms with van der Waals surface area (Å²) in [6.07, 6.45) is -2.93. The van der Waals surface area contributed by atoms with Crippen molar-refractivity contribution >= 4 is 18.0 Å². The minimum Gasteiger partial charge on any atom is -0.354 e. The van der Waals surface area contributed by atoms with Gasteiger partial charge in [-0.3, -0.25) is 14.6 Å². The predicted octanol–water partition coefficient (Wildman–Crippen LogP) is 2.13. The molecular formula is C13H16F3N3O2. The van der Waals surface area contributed by atoms with Gasteiger partial charge in [0.05, 0.1) is 23.4 Å². The number of nitrogens with one attached hydrogen (secondary N) is 2. The van der Waals surface area contributed by atoms with E-state index in [9.17, 15) is 22.8 Å². The van der Waals surface area contributed by atoms with E-state index in [4.69, 9.17) is 0 Å². The van der Waals surface area contributed by atoms with Crippen LogP contribution < -0.4 is 10.6 Å². The van der Waals surface area contributed by atoms with E-state index in [-0.39, 0.29) is 23.6 Å². The minimum absolute atomic E-state index is 0.0491. The van der Waals surface area contributed by atoms with Crippen molar-refractivity contribution in [2.45, 2.75) is 38.9 Å². The molecule has 0 bridgehead atoms. The summed E-state index contributed by atoms with van der Waals surface area (Å²) in [6.45, 7) is 5.80. The number of fused-ring (bicyclic) bond motifs is 1. The van der Waals surface area contributed by atoms with Crippen LogP contribution >= 0.6 is 0 Å². The van der Waals surface area contributed by atoms with Gasteiger partial charge in [-0.05, 0) is 26.8 Å². The summed E-state index contributed by atoms with van der Waals surface area (Å²) in [6, 6.07) is 0.896. The highest BCUT2D eigenvalue weighted by Gasteiger charge is 2.33. The summed E-state index contributed by atoms with van der Waals surface area (Å²) < 4.78 is 36.6. The topological polar surface area (TPSA) is 71.1 Å². The molecule has 0 radical (unpaired) electrons. The van der Waals surface area contributed by atoms with Crippen LogP contribution in [0.15, 0.2) is 12.3 Å². The van der Waals surface area contributed by atoms with Crippen molar-refractivity contribution in [3.63, 3.8) is 0 Å². The Labute approximate surface area is 119 Å². The van der Waals surface area contributed by atoms with Crippen LogP contribution in [0.1, 0.15) is 32.0 Å². The Hall–Kier alpha value is -2.12. The second kappa shape index (κ2) is 6.11. The maximum Gasteiger partial charge on any atom is 0.417 e. The van der Waals surface area contributed by atoms with Crippen LogP contribution in [-0.2, 0) is 22.2 Å². The van der Waals surface area contributed by atoms with Crippen molar-refractivity contribution in [3.05, 3.63) is 23.5 Å². The number of aromatic nitrogens is 1. The maximum atomic E-state index is 12.2. The molecule has 1 aromatic rings. The molecule has 0 aliphatic carbocycles. The fourth-order valence-electron chi connectivity index (χ4n) is 1.42. The maximum absolute atomic E-state index is 12.2. The zero-order valence-corrected chi connectivity index (χ0v) is 11.8. The number of anilines is 1. The molecule has 2 heterocycles. The molecule has 0 unspecified atom stereocenters. The highest BCUT2D eigenvalue weighted by atomic mass is 19.4. The summed E-state index contributed by atoms with van der Waals surface area (Å²) in [5.41, 5.74) is -0.395. The van der Waals surface area contributed by atoms with Gasteiger partial charge in [0.1, 0.15) is 0 Å². The van der Waals surface area contributed by atoms with Gasteiger partial charge in [-0.15, -0.1) is 0 Å². The monoisotopic (exact) mass is 303 g/mol. The summed E-state index contributed by atoms with van der Waals surface area (Å²) in [5, 5.41) is 4.91. The number of halogens is 3. The lowest BCUT2D eigenvalue weighted by molar-refractivity contribution is -0.137. The Morgan fingerprint density at radius 1 is 1.33 bits per heavy atom. The standard InChI is InChI=1S/C8H5F3N2O.C5H11NO/c9-8(10,11)4-1-6-5(12-3-4)2-7(14)13-6;1-5(2,3)6-4-7/h1,3H,2H2,(H,13,14);4H,1-3H3,(H,6,7). The van der Waals surface area contributed by atoms with Crippen molar-refractivity contribution in [1.82, 2.24) is 10.3 Å². The summed E-state index contributed by atoms with van der Waals surface area (Å²) in [7, 11) is 0. The minimum atomic E-state index is -4.42. The molecule has 1 aliphatic rings. The molecule has 2 rings (SSSR count). The smallest absolute Gasteiger partial charge is 0.354 e. The third-order valence-corrected chi connectivity index (χ3v) is 2.39. The Kier molecular flexibility index (Phi) is 4.93. The van der Waals surface area contributed by atoms with Crippen molar-refractivity contribution in [3.8, 4) is 0 Å². The third kappa shape index (κ3) is 5.41. The molecule has 0 saturated heterocycles. The average Bonchev–Trinajstić information content (AvgIpc) is 2.65. The zero-order valence-electron chi connectivity index (χ0n) is 11.8. The lowest BCUT2D eigenvalue weighted by Crippen LogP contribution is -2.34. The summed E-state index contributed by atoms with van der Waals surface area (Å²) >= 11 is 0. The first-order valence-electron chi connectivity index (χ1n) is 6.10. The number of carbonyl (C=O) groups is 2. The Bertz CT molecular complexity index is 536. The Morgan fingerprint density at radius 3 is 2.38 bits per heavy atom. The molecule has 0 saturated carbocycles. The normalized spacial score (nSPS) is 13.7. The Balaban J connectivity index is 0.000000270. The number of alkyl halides is 3. The molecule has 21 heavy (non-hydrogen) atoms.